The molecule has 0 N–H and O–H groups in total. The number of halogens is 2. The highest BCUT2D eigenvalue weighted by atomic mass is 79.9. The first-order valence-corrected chi connectivity index (χ1v) is 8.29. The smallest absolute Gasteiger partial charge is 0.145 e. The molecule has 94 valence electrons. The lowest BCUT2D eigenvalue weighted by Gasteiger charge is -2.08. The second-order valence-corrected chi connectivity index (χ2v) is 8.52. The zero-order chi connectivity index (χ0) is 12.9. The lowest BCUT2D eigenvalue weighted by Crippen LogP contribution is -1.88. The molecule has 0 saturated carbocycles. The molecular weight excluding hydrogens is 400 g/mol. The molecule has 0 radical (unpaired) electrons. The van der Waals surface area contributed by atoms with Gasteiger partial charge >= 0.3 is 0 Å². The van der Waals surface area contributed by atoms with Crippen LogP contribution in [0.4, 0.5) is 0 Å². The zero-order valence-corrected chi connectivity index (χ0v) is 14.3. The summed E-state index contributed by atoms with van der Waals surface area (Å²) in [6, 6.07) is 4.16. The number of thiophene rings is 2. The molecule has 2 aromatic heterocycles. The van der Waals surface area contributed by atoms with Gasteiger partial charge in [0, 0.05) is 10.8 Å². The average molecular weight is 408 g/mol. The number of benzene rings is 1. The maximum Gasteiger partial charge on any atom is 0.145 e. The van der Waals surface area contributed by atoms with Crippen molar-refractivity contribution in [2.75, 3.05) is 14.2 Å². The summed E-state index contributed by atoms with van der Waals surface area (Å²) in [7, 11) is 3.42. The van der Waals surface area contributed by atoms with Crippen LogP contribution < -0.4 is 9.47 Å². The molecule has 0 aliphatic carbocycles. The molecule has 0 aliphatic heterocycles. The van der Waals surface area contributed by atoms with E-state index in [0.717, 1.165) is 39.2 Å². The van der Waals surface area contributed by atoms with Crippen molar-refractivity contribution in [3.63, 3.8) is 0 Å². The third kappa shape index (κ3) is 1.78. The van der Waals surface area contributed by atoms with Crippen LogP contribution in [0.15, 0.2) is 19.7 Å². The number of rotatable bonds is 2. The summed E-state index contributed by atoms with van der Waals surface area (Å²) >= 11 is 10.4. The van der Waals surface area contributed by atoms with E-state index in [-0.39, 0.29) is 0 Å². The Labute approximate surface area is 129 Å². The fourth-order valence-electron chi connectivity index (χ4n) is 2.05. The normalized spacial score (nSPS) is 11.3. The van der Waals surface area contributed by atoms with Crippen LogP contribution in [-0.2, 0) is 0 Å². The van der Waals surface area contributed by atoms with Gasteiger partial charge in [-0.15, -0.1) is 22.7 Å². The van der Waals surface area contributed by atoms with Crippen LogP contribution in [0.5, 0.6) is 11.5 Å². The van der Waals surface area contributed by atoms with Crippen LogP contribution in [0.25, 0.3) is 20.2 Å². The zero-order valence-electron chi connectivity index (χ0n) is 9.54. The maximum absolute atomic E-state index is 5.59. The van der Waals surface area contributed by atoms with Crippen molar-refractivity contribution in [2.45, 2.75) is 0 Å². The molecule has 6 heteroatoms. The molecule has 2 nitrogen and oxygen atoms in total. The molecule has 0 unspecified atom stereocenters. The van der Waals surface area contributed by atoms with Crippen LogP contribution in [0.3, 0.4) is 0 Å². The van der Waals surface area contributed by atoms with E-state index in [0.29, 0.717) is 0 Å². The average Bonchev–Trinajstić information content (AvgIpc) is 2.87. The van der Waals surface area contributed by atoms with Crippen molar-refractivity contribution in [2.24, 2.45) is 0 Å². The van der Waals surface area contributed by atoms with E-state index in [1.165, 1.54) is 0 Å². The van der Waals surface area contributed by atoms with Crippen molar-refractivity contribution < 1.29 is 9.47 Å². The third-order valence-corrected chi connectivity index (χ3v) is 5.99. The summed E-state index contributed by atoms with van der Waals surface area (Å²) < 4.78 is 15.5. The second-order valence-electron chi connectivity index (χ2n) is 3.65. The monoisotopic (exact) mass is 406 g/mol. The van der Waals surface area contributed by atoms with Gasteiger partial charge in [0.05, 0.1) is 31.2 Å². The quantitative estimate of drug-likeness (QED) is 0.545. The van der Waals surface area contributed by atoms with Gasteiger partial charge in [0.2, 0.25) is 0 Å². The number of fused-ring (bicyclic) bond motifs is 2. The number of ether oxygens (including phenoxy) is 2. The van der Waals surface area contributed by atoms with E-state index < -0.39 is 0 Å². The highest BCUT2D eigenvalue weighted by Gasteiger charge is 2.19. The molecular formula is C12H8Br2O2S2. The Balaban J connectivity index is 2.58. The molecule has 0 amide bonds. The Kier molecular flexibility index (Phi) is 3.30. The molecule has 0 atom stereocenters. The van der Waals surface area contributed by atoms with E-state index in [2.05, 4.69) is 44.0 Å². The third-order valence-electron chi connectivity index (χ3n) is 2.71. The molecule has 0 bridgehead atoms. The summed E-state index contributed by atoms with van der Waals surface area (Å²) in [5.41, 5.74) is 0. The topological polar surface area (TPSA) is 18.5 Å². The Morgan fingerprint density at radius 3 is 1.56 bits per heavy atom. The molecule has 3 rings (SSSR count). The Morgan fingerprint density at radius 2 is 1.22 bits per heavy atom. The predicted octanol–water partition coefficient (Wildman–Crippen LogP) is 5.66. The van der Waals surface area contributed by atoms with Crippen LogP contribution in [0.2, 0.25) is 0 Å². The van der Waals surface area contributed by atoms with Gasteiger partial charge in [-0.05, 0) is 44.0 Å². The van der Waals surface area contributed by atoms with Crippen molar-refractivity contribution in [3.05, 3.63) is 19.7 Å². The first-order valence-electron chi connectivity index (χ1n) is 5.07. The van der Waals surface area contributed by atoms with Gasteiger partial charge < -0.3 is 9.47 Å². The van der Waals surface area contributed by atoms with Gasteiger partial charge in [-0.25, -0.2) is 0 Å². The summed E-state index contributed by atoms with van der Waals surface area (Å²) in [4.78, 5) is 0. The minimum atomic E-state index is 0.915. The molecule has 0 aliphatic rings. The fourth-order valence-corrected chi connectivity index (χ4v) is 5.31. The lowest BCUT2D eigenvalue weighted by atomic mass is 10.2. The summed E-state index contributed by atoms with van der Waals surface area (Å²) in [6.07, 6.45) is 0. The van der Waals surface area contributed by atoms with Crippen molar-refractivity contribution in [3.8, 4) is 11.5 Å². The molecule has 1 aromatic carbocycles. The minimum absolute atomic E-state index is 0.915. The Morgan fingerprint density at radius 1 is 0.833 bits per heavy atom. The molecule has 3 aromatic rings. The SMILES string of the molecule is COc1c2cc(Br)sc2c(OC)c2cc(Br)sc12. The van der Waals surface area contributed by atoms with E-state index >= 15 is 0 Å². The number of hydrogen-bond acceptors (Lipinski definition) is 4. The van der Waals surface area contributed by atoms with Gasteiger partial charge in [0.25, 0.3) is 0 Å². The van der Waals surface area contributed by atoms with Crippen LogP contribution in [-0.4, -0.2) is 14.2 Å². The lowest BCUT2D eigenvalue weighted by molar-refractivity contribution is 0.419. The molecule has 0 fully saturated rings. The Bertz CT molecular complexity index is 629. The van der Waals surface area contributed by atoms with Crippen LogP contribution >= 0.6 is 54.5 Å². The van der Waals surface area contributed by atoms with E-state index in [1.807, 2.05) is 0 Å². The predicted molar refractivity (Wildman–Crippen MR) is 85.7 cm³/mol. The highest BCUT2D eigenvalue weighted by molar-refractivity contribution is 9.11. The highest BCUT2D eigenvalue weighted by Crippen LogP contribution is 2.50. The van der Waals surface area contributed by atoms with Crippen LogP contribution in [0, 0.1) is 0 Å². The van der Waals surface area contributed by atoms with Crippen molar-refractivity contribution in [1.82, 2.24) is 0 Å². The molecule has 0 saturated heterocycles. The Hall–Kier alpha value is -0.300. The van der Waals surface area contributed by atoms with Crippen LogP contribution in [0.1, 0.15) is 0 Å². The van der Waals surface area contributed by atoms with Crippen molar-refractivity contribution in [1.29, 1.82) is 0 Å². The first-order chi connectivity index (χ1) is 8.65. The molecule has 2 heterocycles. The standard InChI is InChI=1S/C12H8Br2O2S2/c1-15-9-5-3-7(13)18-12(5)10(16-2)6-4-8(14)17-11(6)9/h3-4H,1-2H3. The number of hydrogen-bond donors (Lipinski definition) is 0. The van der Waals surface area contributed by atoms with E-state index in [9.17, 15) is 0 Å². The van der Waals surface area contributed by atoms with Gasteiger partial charge in [-0.1, -0.05) is 0 Å². The van der Waals surface area contributed by atoms with Gasteiger partial charge in [0.15, 0.2) is 0 Å². The molecule has 18 heavy (non-hydrogen) atoms. The summed E-state index contributed by atoms with van der Waals surface area (Å²) in [5.74, 6) is 1.83. The van der Waals surface area contributed by atoms with Crippen molar-refractivity contribution >= 4 is 74.7 Å². The van der Waals surface area contributed by atoms with Gasteiger partial charge in [-0.3, -0.25) is 0 Å². The van der Waals surface area contributed by atoms with Gasteiger partial charge in [0.1, 0.15) is 11.5 Å². The largest absolute Gasteiger partial charge is 0.495 e. The van der Waals surface area contributed by atoms with E-state index in [4.69, 9.17) is 9.47 Å². The second kappa shape index (κ2) is 4.67. The minimum Gasteiger partial charge on any atom is -0.495 e. The van der Waals surface area contributed by atoms with E-state index in [1.54, 1.807) is 36.9 Å². The molecule has 0 spiro atoms. The summed E-state index contributed by atoms with van der Waals surface area (Å²) in [5, 5.41) is 2.18. The summed E-state index contributed by atoms with van der Waals surface area (Å²) in [6.45, 7) is 0. The fraction of sp³-hybridized carbons (Fsp3) is 0.167. The maximum atomic E-state index is 5.59. The van der Waals surface area contributed by atoms with Gasteiger partial charge in [-0.2, -0.15) is 0 Å². The number of methoxy groups -OCH3 is 2. The first kappa shape index (κ1) is 12.7.